The zero-order chi connectivity index (χ0) is 16.0. The summed E-state index contributed by atoms with van der Waals surface area (Å²) in [7, 11) is -3.53. The average Bonchev–Trinajstić information content (AvgIpc) is 2.50. The Hall–Kier alpha value is -2.05. The van der Waals surface area contributed by atoms with Crippen LogP contribution in [0.25, 0.3) is 0 Å². The van der Waals surface area contributed by atoms with Gasteiger partial charge in [0, 0.05) is 18.3 Å². The van der Waals surface area contributed by atoms with Crippen molar-refractivity contribution in [1.29, 1.82) is 0 Å². The van der Waals surface area contributed by atoms with Gasteiger partial charge in [0.05, 0.1) is 11.5 Å². The van der Waals surface area contributed by atoms with Gasteiger partial charge in [-0.15, -0.1) is 0 Å². The second-order valence-corrected chi connectivity index (χ2v) is 6.56. The molecule has 0 bridgehead atoms. The summed E-state index contributed by atoms with van der Waals surface area (Å²) in [5, 5.41) is 0. The van der Waals surface area contributed by atoms with Crippen LogP contribution < -0.4 is 15.2 Å². The number of nitrogen functional groups attached to an aromatic ring is 1. The van der Waals surface area contributed by atoms with Gasteiger partial charge in [0.2, 0.25) is 10.0 Å². The van der Waals surface area contributed by atoms with Crippen LogP contribution in [0.5, 0.6) is 5.75 Å². The van der Waals surface area contributed by atoms with E-state index < -0.39 is 10.0 Å². The van der Waals surface area contributed by atoms with Gasteiger partial charge < -0.3 is 10.5 Å². The molecule has 3 N–H and O–H groups in total. The van der Waals surface area contributed by atoms with Crippen molar-refractivity contribution in [2.75, 3.05) is 18.9 Å². The van der Waals surface area contributed by atoms with Gasteiger partial charge in [0.25, 0.3) is 0 Å². The zero-order valence-corrected chi connectivity index (χ0v) is 13.3. The van der Waals surface area contributed by atoms with E-state index in [1.807, 2.05) is 19.1 Å². The number of ether oxygens (including phenoxy) is 1. The third-order valence-electron chi connectivity index (χ3n) is 3.11. The van der Waals surface area contributed by atoms with Crippen molar-refractivity contribution in [1.82, 2.24) is 4.72 Å². The molecule has 5 nitrogen and oxygen atoms in total. The van der Waals surface area contributed by atoms with Gasteiger partial charge in [-0.1, -0.05) is 18.2 Å². The second-order valence-electron chi connectivity index (χ2n) is 4.80. The highest BCUT2D eigenvalue weighted by atomic mass is 32.2. The molecule has 2 aromatic carbocycles. The summed E-state index contributed by atoms with van der Waals surface area (Å²) in [6.45, 7) is 2.67. The summed E-state index contributed by atoms with van der Waals surface area (Å²) in [4.78, 5) is 0.204. The molecule has 0 heterocycles. The number of sulfonamides is 1. The predicted octanol–water partition coefficient (Wildman–Crippen LogP) is 2.19. The molecule has 2 aromatic rings. The van der Waals surface area contributed by atoms with Crippen LogP contribution in [0.15, 0.2) is 53.4 Å². The third kappa shape index (κ3) is 4.47. The smallest absolute Gasteiger partial charge is 0.240 e. The van der Waals surface area contributed by atoms with E-state index in [9.17, 15) is 8.42 Å². The topological polar surface area (TPSA) is 81.4 Å². The van der Waals surface area contributed by atoms with Crippen LogP contribution in [-0.4, -0.2) is 21.6 Å². The Bertz CT molecular complexity index is 712. The molecule has 0 saturated carbocycles. The monoisotopic (exact) mass is 320 g/mol. The lowest BCUT2D eigenvalue weighted by Gasteiger charge is -2.09. The molecule has 6 heteroatoms. The van der Waals surface area contributed by atoms with E-state index in [2.05, 4.69) is 4.72 Å². The van der Waals surface area contributed by atoms with Crippen molar-refractivity contribution >= 4 is 15.7 Å². The third-order valence-corrected chi connectivity index (χ3v) is 4.57. The number of rotatable bonds is 7. The van der Waals surface area contributed by atoms with Crippen molar-refractivity contribution in [3.8, 4) is 5.75 Å². The molecular formula is C16H20N2O3S. The number of nitrogens with two attached hydrogens (primary N) is 1. The van der Waals surface area contributed by atoms with Crippen molar-refractivity contribution in [2.45, 2.75) is 18.2 Å². The van der Waals surface area contributed by atoms with E-state index in [0.29, 0.717) is 31.0 Å². The van der Waals surface area contributed by atoms with Crippen molar-refractivity contribution in [3.05, 3.63) is 54.1 Å². The van der Waals surface area contributed by atoms with Crippen molar-refractivity contribution in [3.63, 3.8) is 0 Å². The molecule has 2 rings (SSSR count). The van der Waals surface area contributed by atoms with Gasteiger partial charge in [0.1, 0.15) is 5.75 Å². The lowest BCUT2D eigenvalue weighted by Crippen LogP contribution is -2.26. The number of benzene rings is 2. The van der Waals surface area contributed by atoms with Crippen molar-refractivity contribution in [2.24, 2.45) is 0 Å². The first-order valence-electron chi connectivity index (χ1n) is 7.08. The van der Waals surface area contributed by atoms with Crippen LogP contribution in [0.2, 0.25) is 0 Å². The van der Waals surface area contributed by atoms with Gasteiger partial charge in [-0.05, 0) is 43.2 Å². The number of anilines is 1. The molecule has 0 aliphatic carbocycles. The van der Waals surface area contributed by atoms with Gasteiger partial charge in [0.15, 0.2) is 0 Å². The summed E-state index contributed by atoms with van der Waals surface area (Å²) in [5.41, 5.74) is 7.34. The highest BCUT2D eigenvalue weighted by Crippen LogP contribution is 2.17. The largest absolute Gasteiger partial charge is 0.494 e. The molecule has 0 aliphatic heterocycles. The lowest BCUT2D eigenvalue weighted by molar-refractivity contribution is 0.339. The highest BCUT2D eigenvalue weighted by Gasteiger charge is 2.14. The summed E-state index contributed by atoms with van der Waals surface area (Å²) in [6.07, 6.45) is 0.602. The number of hydrogen-bond acceptors (Lipinski definition) is 4. The SMILES string of the molecule is CCOc1cccc(S(=O)(=O)NCCc2ccc(N)cc2)c1. The minimum absolute atomic E-state index is 0.204. The Morgan fingerprint density at radius 1 is 1.14 bits per heavy atom. The number of hydrogen-bond donors (Lipinski definition) is 2. The minimum atomic E-state index is -3.53. The van der Waals surface area contributed by atoms with E-state index >= 15 is 0 Å². The Morgan fingerprint density at radius 3 is 2.55 bits per heavy atom. The second kappa shape index (κ2) is 7.29. The Morgan fingerprint density at radius 2 is 1.86 bits per heavy atom. The molecular weight excluding hydrogens is 300 g/mol. The first-order chi connectivity index (χ1) is 10.5. The fourth-order valence-electron chi connectivity index (χ4n) is 2.00. The highest BCUT2D eigenvalue weighted by molar-refractivity contribution is 7.89. The Kier molecular flexibility index (Phi) is 5.41. The Labute approximate surface area is 131 Å². The quantitative estimate of drug-likeness (QED) is 0.766. The predicted molar refractivity (Wildman–Crippen MR) is 87.4 cm³/mol. The maximum Gasteiger partial charge on any atom is 0.240 e. The molecule has 0 unspecified atom stereocenters. The van der Waals surface area contributed by atoms with Crippen LogP contribution in [0, 0.1) is 0 Å². The van der Waals surface area contributed by atoms with Crippen LogP contribution in [-0.2, 0) is 16.4 Å². The molecule has 0 spiro atoms. The van der Waals surface area contributed by atoms with E-state index in [1.165, 1.54) is 6.07 Å². The molecule has 0 fully saturated rings. The normalized spacial score (nSPS) is 11.3. The zero-order valence-electron chi connectivity index (χ0n) is 12.5. The maximum absolute atomic E-state index is 12.2. The molecule has 22 heavy (non-hydrogen) atoms. The van der Waals surface area contributed by atoms with Gasteiger partial charge in [-0.2, -0.15) is 0 Å². The van der Waals surface area contributed by atoms with Crippen molar-refractivity contribution < 1.29 is 13.2 Å². The molecule has 0 saturated heterocycles. The van der Waals surface area contributed by atoms with Gasteiger partial charge >= 0.3 is 0 Å². The van der Waals surface area contributed by atoms with Crippen LogP contribution >= 0.6 is 0 Å². The lowest BCUT2D eigenvalue weighted by atomic mass is 10.1. The first kappa shape index (κ1) is 16.3. The Balaban J connectivity index is 1.98. The molecule has 0 radical (unpaired) electrons. The van der Waals surface area contributed by atoms with Crippen LogP contribution in [0.3, 0.4) is 0 Å². The fourth-order valence-corrected chi connectivity index (χ4v) is 3.06. The fraction of sp³-hybridized carbons (Fsp3) is 0.250. The van der Waals surface area contributed by atoms with E-state index in [-0.39, 0.29) is 4.90 Å². The summed E-state index contributed by atoms with van der Waals surface area (Å²) in [6, 6.07) is 13.9. The van der Waals surface area contributed by atoms with E-state index in [4.69, 9.17) is 10.5 Å². The molecule has 0 atom stereocenters. The minimum Gasteiger partial charge on any atom is -0.494 e. The first-order valence-corrected chi connectivity index (χ1v) is 8.56. The summed E-state index contributed by atoms with van der Waals surface area (Å²) < 4.78 is 32.4. The molecule has 118 valence electrons. The molecule has 0 aromatic heterocycles. The van der Waals surface area contributed by atoms with Crippen LogP contribution in [0.4, 0.5) is 5.69 Å². The average molecular weight is 320 g/mol. The van der Waals surface area contributed by atoms with Crippen LogP contribution in [0.1, 0.15) is 12.5 Å². The molecule has 0 aliphatic rings. The summed E-state index contributed by atoms with van der Waals surface area (Å²) >= 11 is 0. The maximum atomic E-state index is 12.2. The summed E-state index contributed by atoms with van der Waals surface area (Å²) in [5.74, 6) is 0.545. The number of nitrogens with one attached hydrogen (secondary N) is 1. The van der Waals surface area contributed by atoms with E-state index in [1.54, 1.807) is 30.3 Å². The van der Waals surface area contributed by atoms with E-state index in [0.717, 1.165) is 5.56 Å². The molecule has 0 amide bonds. The van der Waals surface area contributed by atoms with Gasteiger partial charge in [-0.3, -0.25) is 0 Å². The van der Waals surface area contributed by atoms with Gasteiger partial charge in [-0.25, -0.2) is 13.1 Å². The standard InChI is InChI=1S/C16H20N2O3S/c1-2-21-15-4-3-5-16(12-15)22(19,20)18-11-10-13-6-8-14(17)9-7-13/h3-9,12,18H,2,10-11,17H2,1H3.